The number of rotatable bonds is 7. The second kappa shape index (κ2) is 8.71. The monoisotopic (exact) mass is 366 g/mol. The maximum Gasteiger partial charge on any atom is 0.225 e. The van der Waals surface area contributed by atoms with Crippen molar-refractivity contribution in [3.8, 4) is 5.75 Å². The maximum absolute atomic E-state index is 13.0. The molecule has 5 heteroatoms. The highest BCUT2D eigenvalue weighted by Gasteiger charge is 2.26. The van der Waals surface area contributed by atoms with Crippen molar-refractivity contribution >= 4 is 11.8 Å². The summed E-state index contributed by atoms with van der Waals surface area (Å²) < 4.78 is 5.45. The molecule has 27 heavy (non-hydrogen) atoms. The molecule has 0 unspecified atom stereocenters. The van der Waals surface area contributed by atoms with Crippen LogP contribution in [0.15, 0.2) is 48.5 Å². The van der Waals surface area contributed by atoms with Gasteiger partial charge in [0.05, 0.1) is 7.11 Å². The fraction of sp³-hybridized carbons (Fsp3) is 0.364. The Morgan fingerprint density at radius 3 is 2.70 bits per heavy atom. The number of hydrogen-bond acceptors (Lipinski definition) is 3. The number of benzene rings is 2. The summed E-state index contributed by atoms with van der Waals surface area (Å²) in [5.41, 5.74) is 3.23. The third kappa shape index (κ3) is 5.09. The van der Waals surface area contributed by atoms with Crippen molar-refractivity contribution in [2.45, 2.75) is 45.3 Å². The van der Waals surface area contributed by atoms with E-state index in [1.54, 1.807) is 7.11 Å². The van der Waals surface area contributed by atoms with E-state index in [1.165, 1.54) is 5.56 Å². The number of para-hydroxylation sites is 1. The van der Waals surface area contributed by atoms with E-state index in [9.17, 15) is 9.59 Å². The first kappa shape index (κ1) is 19.0. The number of carbonyl (C=O) groups excluding carboxylic acids is 2. The van der Waals surface area contributed by atoms with Crippen LogP contribution < -0.4 is 10.1 Å². The largest absolute Gasteiger partial charge is 0.496 e. The van der Waals surface area contributed by atoms with Crippen molar-refractivity contribution in [2.75, 3.05) is 7.11 Å². The molecule has 1 fully saturated rings. The zero-order chi connectivity index (χ0) is 19.2. The summed E-state index contributed by atoms with van der Waals surface area (Å²) in [6, 6.07) is 15.9. The minimum Gasteiger partial charge on any atom is -0.496 e. The number of nitrogens with one attached hydrogen (secondary N) is 1. The van der Waals surface area contributed by atoms with Gasteiger partial charge in [-0.2, -0.15) is 0 Å². The molecule has 1 N–H and O–H groups in total. The Balaban J connectivity index is 1.79. The number of aryl methyl sites for hydroxylation is 1. The Morgan fingerprint density at radius 2 is 2.00 bits per heavy atom. The molecule has 0 spiro atoms. The van der Waals surface area contributed by atoms with Gasteiger partial charge in [-0.25, -0.2) is 0 Å². The second-order valence-electron chi connectivity index (χ2n) is 7.06. The minimum absolute atomic E-state index is 0.0303. The van der Waals surface area contributed by atoms with E-state index in [4.69, 9.17) is 4.74 Å². The van der Waals surface area contributed by atoms with Gasteiger partial charge >= 0.3 is 0 Å². The Bertz CT molecular complexity index is 819. The molecule has 1 aliphatic rings. The first-order valence-electron chi connectivity index (χ1n) is 9.29. The number of nitrogens with zero attached hydrogens (tertiary/aromatic N) is 1. The standard InChI is InChI=1S/C22H26N2O3/c1-16-6-5-7-17(12-16)14-24(15-18-8-3-4-9-20(18)27-2)22(26)13-19-10-11-21(25)23-19/h3-9,12,19H,10-11,13-15H2,1-2H3,(H,23,25)/t19-/m0/s1. The minimum atomic E-state index is -0.0670. The number of carbonyl (C=O) groups is 2. The normalized spacial score (nSPS) is 16.1. The molecule has 0 aromatic heterocycles. The van der Waals surface area contributed by atoms with Gasteiger partial charge in [0.25, 0.3) is 0 Å². The maximum atomic E-state index is 13.0. The molecule has 1 saturated heterocycles. The molecule has 142 valence electrons. The molecule has 3 rings (SSSR count). The van der Waals surface area contributed by atoms with Crippen LogP contribution in [0, 0.1) is 6.92 Å². The third-order valence-electron chi connectivity index (χ3n) is 4.87. The summed E-state index contributed by atoms with van der Waals surface area (Å²) >= 11 is 0. The number of amides is 2. The van der Waals surface area contributed by atoms with E-state index in [0.717, 1.165) is 23.3 Å². The zero-order valence-corrected chi connectivity index (χ0v) is 15.9. The molecule has 1 heterocycles. The van der Waals surface area contributed by atoms with Gasteiger partial charge in [-0.15, -0.1) is 0 Å². The van der Waals surface area contributed by atoms with E-state index in [-0.39, 0.29) is 17.9 Å². The van der Waals surface area contributed by atoms with Gasteiger partial charge in [-0.05, 0) is 25.0 Å². The highest BCUT2D eigenvalue weighted by Crippen LogP contribution is 2.22. The number of methoxy groups -OCH3 is 1. The van der Waals surface area contributed by atoms with Crippen molar-refractivity contribution in [2.24, 2.45) is 0 Å². The molecule has 2 aromatic carbocycles. The lowest BCUT2D eigenvalue weighted by Gasteiger charge is -2.25. The quantitative estimate of drug-likeness (QED) is 0.819. The SMILES string of the molecule is COc1ccccc1CN(Cc1cccc(C)c1)C(=O)C[C@@H]1CCC(=O)N1. The lowest BCUT2D eigenvalue weighted by atomic mass is 10.1. The molecule has 2 aromatic rings. The summed E-state index contributed by atoms with van der Waals surface area (Å²) in [6.07, 6.45) is 1.55. The average Bonchev–Trinajstić information content (AvgIpc) is 3.06. The van der Waals surface area contributed by atoms with Crippen LogP contribution in [-0.2, 0) is 22.7 Å². The molecule has 0 bridgehead atoms. The first-order chi connectivity index (χ1) is 13.0. The van der Waals surface area contributed by atoms with Crippen LogP contribution in [0.1, 0.15) is 36.0 Å². The molecule has 1 aliphatic heterocycles. The van der Waals surface area contributed by atoms with E-state index < -0.39 is 0 Å². The fourth-order valence-corrected chi connectivity index (χ4v) is 3.47. The van der Waals surface area contributed by atoms with Gasteiger partial charge in [0, 0.05) is 37.5 Å². The number of ether oxygens (including phenoxy) is 1. The van der Waals surface area contributed by atoms with Crippen LogP contribution in [0.4, 0.5) is 0 Å². The van der Waals surface area contributed by atoms with E-state index in [1.807, 2.05) is 54.3 Å². The molecule has 0 aliphatic carbocycles. The molecular formula is C22H26N2O3. The van der Waals surface area contributed by atoms with Crippen molar-refractivity contribution in [1.29, 1.82) is 0 Å². The van der Waals surface area contributed by atoms with Crippen LogP contribution in [-0.4, -0.2) is 29.9 Å². The van der Waals surface area contributed by atoms with Crippen molar-refractivity contribution in [3.05, 3.63) is 65.2 Å². The van der Waals surface area contributed by atoms with Gasteiger partial charge < -0.3 is 15.0 Å². The van der Waals surface area contributed by atoms with Crippen molar-refractivity contribution < 1.29 is 14.3 Å². The summed E-state index contributed by atoms with van der Waals surface area (Å²) in [5, 5.41) is 2.89. The first-order valence-corrected chi connectivity index (χ1v) is 9.29. The van der Waals surface area contributed by atoms with Gasteiger partial charge in [0.1, 0.15) is 5.75 Å². The molecule has 5 nitrogen and oxygen atoms in total. The summed E-state index contributed by atoms with van der Waals surface area (Å²) in [7, 11) is 1.64. The molecule has 1 atom stereocenters. The van der Waals surface area contributed by atoms with Crippen LogP contribution in [0.2, 0.25) is 0 Å². The lowest BCUT2D eigenvalue weighted by Crippen LogP contribution is -2.36. The van der Waals surface area contributed by atoms with Crippen LogP contribution in [0.3, 0.4) is 0 Å². The van der Waals surface area contributed by atoms with E-state index in [2.05, 4.69) is 11.4 Å². The molecule has 2 amide bonds. The second-order valence-corrected chi connectivity index (χ2v) is 7.06. The average molecular weight is 366 g/mol. The van der Waals surface area contributed by atoms with Gasteiger partial charge in [0.15, 0.2) is 0 Å². The number of hydrogen-bond donors (Lipinski definition) is 1. The smallest absolute Gasteiger partial charge is 0.225 e. The van der Waals surface area contributed by atoms with Crippen LogP contribution >= 0.6 is 0 Å². The topological polar surface area (TPSA) is 58.6 Å². The molecule has 0 radical (unpaired) electrons. The predicted octanol–water partition coefficient (Wildman–Crippen LogP) is 3.20. The third-order valence-corrected chi connectivity index (χ3v) is 4.87. The van der Waals surface area contributed by atoms with Gasteiger partial charge in [-0.3, -0.25) is 9.59 Å². The Morgan fingerprint density at radius 1 is 1.19 bits per heavy atom. The Hall–Kier alpha value is -2.82. The van der Waals surface area contributed by atoms with Gasteiger partial charge in [-0.1, -0.05) is 48.0 Å². The predicted molar refractivity (Wildman–Crippen MR) is 104 cm³/mol. The van der Waals surface area contributed by atoms with Crippen molar-refractivity contribution in [3.63, 3.8) is 0 Å². The Kier molecular flexibility index (Phi) is 6.12. The lowest BCUT2D eigenvalue weighted by molar-refractivity contribution is -0.133. The van der Waals surface area contributed by atoms with E-state index >= 15 is 0 Å². The highest BCUT2D eigenvalue weighted by atomic mass is 16.5. The summed E-state index contributed by atoms with van der Waals surface area (Å²) in [5.74, 6) is 0.839. The molecule has 0 saturated carbocycles. The van der Waals surface area contributed by atoms with Crippen LogP contribution in [0.25, 0.3) is 0 Å². The van der Waals surface area contributed by atoms with Crippen molar-refractivity contribution in [1.82, 2.24) is 10.2 Å². The highest BCUT2D eigenvalue weighted by molar-refractivity contribution is 5.82. The summed E-state index contributed by atoms with van der Waals surface area (Å²) in [6.45, 7) is 3.04. The van der Waals surface area contributed by atoms with E-state index in [0.29, 0.717) is 25.9 Å². The zero-order valence-electron chi connectivity index (χ0n) is 15.9. The molecular weight excluding hydrogens is 340 g/mol. The fourth-order valence-electron chi connectivity index (χ4n) is 3.47. The van der Waals surface area contributed by atoms with Crippen LogP contribution in [0.5, 0.6) is 5.75 Å². The summed E-state index contributed by atoms with van der Waals surface area (Å²) in [4.78, 5) is 26.3. The Labute approximate surface area is 160 Å². The van der Waals surface area contributed by atoms with Gasteiger partial charge in [0.2, 0.25) is 11.8 Å².